The third-order valence-corrected chi connectivity index (χ3v) is 25.2. The second kappa shape index (κ2) is 51.0. The van der Waals surface area contributed by atoms with E-state index in [1.165, 1.54) is 156 Å². The fraction of sp³-hybridized carbons (Fsp3) is 0.520. The number of hydrogen-bond acceptors (Lipinski definition) is 42. The van der Waals surface area contributed by atoms with Crippen molar-refractivity contribution in [1.82, 2.24) is 0 Å². The molecular formula is C100H132O42. The van der Waals surface area contributed by atoms with Gasteiger partial charge in [-0.25, -0.2) is 0 Å². The fourth-order valence-corrected chi connectivity index (χ4v) is 12.0. The average molecular weight is 2010 g/mol. The normalized spacial score (nSPS) is 12.7. The van der Waals surface area contributed by atoms with Gasteiger partial charge in [0.2, 0.25) is 0 Å². The molecule has 0 amide bonds. The molecule has 0 radical (unpaired) electrons. The molecule has 6 aromatic rings. The smallest absolute Gasteiger partial charge is 0.324 e. The minimum Gasteiger partial charge on any atom is -0.464 e. The van der Waals surface area contributed by atoms with Gasteiger partial charge in [-0.2, -0.15) is 0 Å². The summed E-state index contributed by atoms with van der Waals surface area (Å²) in [6.07, 6.45) is 0. The first-order valence-corrected chi connectivity index (χ1v) is 44.5. The van der Waals surface area contributed by atoms with Crippen molar-refractivity contribution in [3.8, 4) is 34.5 Å². The van der Waals surface area contributed by atoms with Crippen LogP contribution in [0.15, 0.2) is 146 Å². The summed E-state index contributed by atoms with van der Waals surface area (Å²) in [6.45, 7) is -0.429. The maximum atomic E-state index is 14.2. The summed E-state index contributed by atoms with van der Waals surface area (Å²) >= 11 is 0. The Morgan fingerprint density at radius 1 is 0.155 bits per heavy atom. The van der Waals surface area contributed by atoms with Crippen molar-refractivity contribution in [2.24, 2.45) is 65.0 Å². The number of benzene rings is 6. The van der Waals surface area contributed by atoms with Crippen molar-refractivity contribution in [1.29, 1.82) is 0 Å². The zero-order chi connectivity index (χ0) is 107. The third-order valence-electron chi connectivity index (χ3n) is 25.2. The van der Waals surface area contributed by atoms with Crippen molar-refractivity contribution in [3.05, 3.63) is 179 Å². The maximum absolute atomic E-state index is 14.2. The molecule has 0 fully saturated rings. The van der Waals surface area contributed by atoms with Gasteiger partial charge in [0, 0.05) is 10.8 Å². The molecule has 784 valence electrons. The average Bonchev–Trinajstić information content (AvgIpc) is 0.758. The summed E-state index contributed by atoms with van der Waals surface area (Å²) in [5.74, 6) is -12.5. The molecule has 142 heavy (non-hydrogen) atoms. The lowest BCUT2D eigenvalue weighted by Gasteiger charge is -2.33. The lowest BCUT2D eigenvalue weighted by Crippen LogP contribution is -2.46. The van der Waals surface area contributed by atoms with Crippen LogP contribution < -0.4 is 28.4 Å². The molecule has 0 spiro atoms. The summed E-state index contributed by atoms with van der Waals surface area (Å²) in [5.41, 5.74) is -20.2. The SMILES string of the molecule is CC(CO)(CO)C(=O)OCC(C)(COC(=O)C(C)(CO)CO)C(=O)Oc1ccc(C(C)(c2ccc(OC(=O)C(C)(COC(=O)C(C)(CO)CO)COC(=O)C(C)(CO)CO)cc2)c2ccc(OC(=O)C(C)(COC(=O)C(C)(CO)CO)COC(=O)C(C)(CO)CO)cc2)cc1.CC(CO)(CO)C(=O)Oc1ccc(C(C)(c2ccc(OC(=O)C(C)(CO)CO)cc2)c2ccc(OC(=O)C(C)(CO)CO)cc2)cc1. The van der Waals surface area contributed by atoms with Crippen molar-refractivity contribution in [2.75, 3.05) is 159 Å². The molecule has 0 heterocycles. The van der Waals surface area contributed by atoms with E-state index in [9.17, 15) is 149 Å². The number of aliphatic hydroxyl groups excluding tert-OH is 18. The molecule has 0 unspecified atom stereocenters. The van der Waals surface area contributed by atoms with E-state index in [4.69, 9.17) is 56.8 Å². The van der Waals surface area contributed by atoms with E-state index < -0.39 is 306 Å². The second-order valence-electron chi connectivity index (χ2n) is 38.8. The number of aliphatic hydroxyl groups is 18. The van der Waals surface area contributed by atoms with Crippen molar-refractivity contribution >= 4 is 71.6 Å². The Kier molecular flexibility index (Phi) is 43.3. The number of esters is 12. The Bertz CT molecular complexity index is 4580. The lowest BCUT2D eigenvalue weighted by atomic mass is 9.71. The van der Waals surface area contributed by atoms with E-state index in [1.54, 1.807) is 79.7 Å². The van der Waals surface area contributed by atoms with E-state index in [1.807, 2.05) is 6.92 Å². The predicted octanol–water partition coefficient (Wildman–Crippen LogP) is 0.710. The zero-order valence-electron chi connectivity index (χ0n) is 81.7. The maximum Gasteiger partial charge on any atom is 0.324 e. The van der Waals surface area contributed by atoms with Crippen LogP contribution in [0.1, 0.15) is 130 Å². The monoisotopic (exact) mass is 2000 g/mol. The first-order valence-electron chi connectivity index (χ1n) is 44.5. The van der Waals surface area contributed by atoms with E-state index in [-0.39, 0.29) is 34.5 Å². The molecule has 0 aliphatic carbocycles. The lowest BCUT2D eigenvalue weighted by molar-refractivity contribution is -0.178. The summed E-state index contributed by atoms with van der Waals surface area (Å²) < 4.78 is 65.7. The summed E-state index contributed by atoms with van der Waals surface area (Å²) in [7, 11) is 0. The third kappa shape index (κ3) is 28.4. The van der Waals surface area contributed by atoms with Gasteiger partial charge in [0.1, 0.15) is 139 Å². The molecule has 6 aromatic carbocycles. The predicted molar refractivity (Wildman–Crippen MR) is 494 cm³/mol. The van der Waals surface area contributed by atoms with Crippen LogP contribution in [0.5, 0.6) is 34.5 Å². The van der Waals surface area contributed by atoms with E-state index in [0.29, 0.717) is 16.7 Å². The number of hydrogen-bond donors (Lipinski definition) is 18. The molecule has 18 N–H and O–H groups in total. The minimum absolute atomic E-state index is 0.135. The number of rotatable bonds is 54. The van der Waals surface area contributed by atoms with E-state index >= 15 is 0 Å². The van der Waals surface area contributed by atoms with E-state index in [2.05, 4.69) is 0 Å². The minimum atomic E-state index is -2.03. The standard InChI is InChI=1S/C65H90O30.C35H42O12/c1-56(23-66,24-67)47(78)87-35-62(7,36-88-48(79)57(2,25-68)26-69)53(84)93-44-17-11-41(12-18-44)65(10,42-13-19-45(20-14-42)94-54(85)63(8,37-89-49(80)58(3,27-70)28-71)38-90-50(81)59(4,29-72)30-73)43-15-21-46(22-16-43)95-55(86)64(9,39-91-51(82)60(5,31-74)32-75)40-92-52(83)61(6,33-76)34-77;1-32(17-36,18-37)29(42)45-26-11-5-23(6-12-26)35(4,24-7-13-27(14-8-24)46-30(43)33(2,19-38)20-39)25-9-15-28(16-10-25)47-31(44)34(3,21-40)22-41/h11-22,66-77H,23-40H2,1-10H3;5-16,36-41H,17-22H2,1-4H3. The van der Waals surface area contributed by atoms with Crippen LogP contribution in [0.3, 0.4) is 0 Å². The van der Waals surface area contributed by atoms with Gasteiger partial charge in [0.15, 0.2) is 0 Å². The Morgan fingerprint density at radius 2 is 0.246 bits per heavy atom. The Morgan fingerprint density at radius 3 is 0.345 bits per heavy atom. The first-order chi connectivity index (χ1) is 66.5. The molecule has 42 nitrogen and oxygen atoms in total. The van der Waals surface area contributed by atoms with Gasteiger partial charge in [-0.15, -0.1) is 0 Å². The molecule has 6 rings (SSSR count). The van der Waals surface area contributed by atoms with Crippen LogP contribution in [0.4, 0.5) is 0 Å². The van der Waals surface area contributed by atoms with Crippen molar-refractivity contribution < 1.29 is 206 Å². The Balaban J connectivity index is 0.000000628. The van der Waals surface area contributed by atoms with Crippen molar-refractivity contribution in [2.45, 2.75) is 108 Å². The highest BCUT2D eigenvalue weighted by atomic mass is 16.6. The van der Waals surface area contributed by atoms with Crippen LogP contribution in [0.2, 0.25) is 0 Å². The zero-order valence-corrected chi connectivity index (χ0v) is 81.7. The van der Waals surface area contributed by atoms with Gasteiger partial charge in [-0.1, -0.05) is 72.8 Å². The number of carbonyl (C=O) groups is 12. The van der Waals surface area contributed by atoms with Crippen LogP contribution in [-0.4, -0.2) is 322 Å². The molecule has 42 heteroatoms. The molecule has 0 bridgehead atoms. The van der Waals surface area contributed by atoms with Gasteiger partial charge < -0.3 is 149 Å². The van der Waals surface area contributed by atoms with Gasteiger partial charge in [-0.3, -0.25) is 57.5 Å². The largest absolute Gasteiger partial charge is 0.464 e. The van der Waals surface area contributed by atoms with Gasteiger partial charge in [-0.05, 0) is 203 Å². The highest BCUT2D eigenvalue weighted by Crippen LogP contribution is 2.45. The molecule has 0 saturated heterocycles. The van der Waals surface area contributed by atoms with Crippen LogP contribution in [-0.2, 0) is 96.8 Å². The van der Waals surface area contributed by atoms with Crippen LogP contribution >= 0.6 is 0 Å². The number of ether oxygens (including phenoxy) is 12. The number of carbonyl (C=O) groups excluding carboxylic acids is 12. The molecule has 0 aromatic heterocycles. The first kappa shape index (κ1) is 121. The molecule has 0 atom stereocenters. The van der Waals surface area contributed by atoms with Gasteiger partial charge >= 0.3 is 71.6 Å². The van der Waals surface area contributed by atoms with E-state index in [0.717, 1.165) is 16.7 Å². The molecule has 0 aliphatic heterocycles. The summed E-state index contributed by atoms with van der Waals surface area (Å²) in [6, 6.07) is 37.2. The molecule has 0 aliphatic rings. The second-order valence-corrected chi connectivity index (χ2v) is 38.8. The van der Waals surface area contributed by atoms with Crippen molar-refractivity contribution in [3.63, 3.8) is 0 Å². The molecular weight excluding hydrogens is 1870 g/mol. The van der Waals surface area contributed by atoms with Gasteiger partial charge in [0.05, 0.1) is 119 Å². The Labute approximate surface area is 819 Å². The summed E-state index contributed by atoms with van der Waals surface area (Å²) in [4.78, 5) is 159. The highest BCUT2D eigenvalue weighted by Gasteiger charge is 2.50. The summed E-state index contributed by atoms with van der Waals surface area (Å²) in [5, 5.41) is 175. The molecule has 0 saturated carbocycles. The Hall–Kier alpha value is -11.8. The highest BCUT2D eigenvalue weighted by molar-refractivity contribution is 5.86. The van der Waals surface area contributed by atoms with Crippen LogP contribution in [0.25, 0.3) is 0 Å². The van der Waals surface area contributed by atoms with Crippen LogP contribution in [0, 0.1) is 65.0 Å². The van der Waals surface area contributed by atoms with Gasteiger partial charge in [0.25, 0.3) is 0 Å². The topological polar surface area (TPSA) is 680 Å². The fourth-order valence-electron chi connectivity index (χ4n) is 12.0. The quantitative estimate of drug-likeness (QED) is 0.0108.